The van der Waals surface area contributed by atoms with E-state index < -0.39 is 9.84 Å². The van der Waals surface area contributed by atoms with Crippen molar-refractivity contribution in [3.8, 4) is 11.5 Å². The van der Waals surface area contributed by atoms with Gasteiger partial charge in [-0.15, -0.1) is 0 Å². The van der Waals surface area contributed by atoms with Crippen LogP contribution in [0.1, 0.15) is 16.8 Å². The van der Waals surface area contributed by atoms with E-state index in [9.17, 15) is 8.42 Å². The van der Waals surface area contributed by atoms with E-state index in [4.69, 9.17) is 19.4 Å². The number of ether oxygens (including phenoxy) is 2. The summed E-state index contributed by atoms with van der Waals surface area (Å²) in [5.41, 5.74) is 4.35. The van der Waals surface area contributed by atoms with Crippen molar-refractivity contribution in [3.05, 3.63) is 77.5 Å². The number of nitrogens with zero attached hydrogens (tertiary/aromatic N) is 2. The minimum absolute atomic E-state index is 0.233. The van der Waals surface area contributed by atoms with Gasteiger partial charge >= 0.3 is 0 Å². The topological polar surface area (TPSA) is 90.4 Å². The molecule has 0 aliphatic heterocycles. The lowest BCUT2D eigenvalue weighted by Gasteiger charge is -2.16. The van der Waals surface area contributed by atoms with Gasteiger partial charge in [-0.1, -0.05) is 18.2 Å². The number of sulfone groups is 1. The fourth-order valence-electron chi connectivity index (χ4n) is 3.48. The molecule has 0 saturated heterocycles. The van der Waals surface area contributed by atoms with Gasteiger partial charge in [0.1, 0.15) is 17.3 Å². The van der Waals surface area contributed by atoms with Crippen LogP contribution >= 0.6 is 0 Å². The maximum atomic E-state index is 13.1. The van der Waals surface area contributed by atoms with Crippen molar-refractivity contribution in [3.63, 3.8) is 0 Å². The van der Waals surface area contributed by atoms with Crippen molar-refractivity contribution in [1.82, 2.24) is 9.97 Å². The summed E-state index contributed by atoms with van der Waals surface area (Å²) in [6.45, 7) is 3.99. The first-order chi connectivity index (χ1) is 15.8. The maximum Gasteiger partial charge on any atom is 0.184 e. The molecule has 4 rings (SSSR count). The average molecular weight is 464 g/mol. The summed E-state index contributed by atoms with van der Waals surface area (Å²) in [6.07, 6.45) is 0. The van der Waals surface area contributed by atoms with E-state index in [-0.39, 0.29) is 10.6 Å². The number of aromatic nitrogens is 2. The SMILES string of the molecule is COc1ccc(OC)c(Nc2nc3cc(C)c(C)cc3nc2CS(=O)(=O)c2ccccc2)c1. The van der Waals surface area contributed by atoms with Crippen molar-refractivity contribution in [2.75, 3.05) is 19.5 Å². The predicted octanol–water partition coefficient (Wildman–Crippen LogP) is 4.98. The van der Waals surface area contributed by atoms with Gasteiger partial charge in [-0.2, -0.15) is 0 Å². The van der Waals surface area contributed by atoms with Gasteiger partial charge in [0.15, 0.2) is 15.7 Å². The molecule has 0 atom stereocenters. The van der Waals surface area contributed by atoms with Crippen LogP contribution in [0.25, 0.3) is 11.0 Å². The van der Waals surface area contributed by atoms with Crippen molar-refractivity contribution in [1.29, 1.82) is 0 Å². The molecule has 0 aliphatic carbocycles. The Morgan fingerprint density at radius 3 is 2.15 bits per heavy atom. The number of aryl methyl sites for hydroxylation is 2. The molecule has 33 heavy (non-hydrogen) atoms. The number of rotatable bonds is 7. The number of nitrogens with one attached hydrogen (secondary N) is 1. The van der Waals surface area contributed by atoms with Crippen molar-refractivity contribution in [2.24, 2.45) is 0 Å². The summed E-state index contributed by atoms with van der Waals surface area (Å²) in [7, 11) is -0.507. The van der Waals surface area contributed by atoms with Gasteiger partial charge in [-0.25, -0.2) is 18.4 Å². The van der Waals surface area contributed by atoms with E-state index in [0.29, 0.717) is 39.7 Å². The van der Waals surface area contributed by atoms with Crippen molar-refractivity contribution in [2.45, 2.75) is 24.5 Å². The quantitative estimate of drug-likeness (QED) is 0.413. The van der Waals surface area contributed by atoms with E-state index in [0.717, 1.165) is 11.1 Å². The zero-order valence-corrected chi connectivity index (χ0v) is 19.7. The number of hydrogen-bond acceptors (Lipinski definition) is 7. The molecule has 0 saturated carbocycles. The second kappa shape index (κ2) is 9.07. The molecule has 1 aromatic heterocycles. The molecule has 3 aromatic carbocycles. The fourth-order valence-corrected chi connectivity index (χ4v) is 4.78. The number of anilines is 2. The Bertz CT molecular complexity index is 1420. The third-order valence-corrected chi connectivity index (χ3v) is 7.08. The van der Waals surface area contributed by atoms with Crippen LogP contribution in [0.5, 0.6) is 11.5 Å². The highest BCUT2D eigenvalue weighted by atomic mass is 32.2. The summed E-state index contributed by atoms with van der Waals surface area (Å²) in [5.74, 6) is 1.23. The van der Waals surface area contributed by atoms with Gasteiger partial charge in [0, 0.05) is 6.07 Å². The number of methoxy groups -OCH3 is 2. The molecule has 0 fully saturated rings. The van der Waals surface area contributed by atoms with Crippen LogP contribution in [0.3, 0.4) is 0 Å². The van der Waals surface area contributed by atoms with E-state index in [2.05, 4.69) is 5.32 Å². The molecule has 0 spiro atoms. The van der Waals surface area contributed by atoms with E-state index in [1.165, 1.54) is 0 Å². The highest BCUT2D eigenvalue weighted by Crippen LogP contribution is 2.33. The third-order valence-electron chi connectivity index (χ3n) is 5.44. The lowest BCUT2D eigenvalue weighted by atomic mass is 10.1. The smallest absolute Gasteiger partial charge is 0.184 e. The molecule has 1 N–H and O–H groups in total. The molecule has 0 aliphatic rings. The zero-order chi connectivity index (χ0) is 23.6. The molecule has 170 valence electrons. The predicted molar refractivity (Wildman–Crippen MR) is 129 cm³/mol. The first-order valence-electron chi connectivity index (χ1n) is 10.4. The first kappa shape index (κ1) is 22.5. The monoisotopic (exact) mass is 463 g/mol. The van der Waals surface area contributed by atoms with Gasteiger partial charge in [0.25, 0.3) is 0 Å². The second-order valence-corrected chi connectivity index (χ2v) is 9.70. The number of fused-ring (bicyclic) bond motifs is 1. The Hall–Kier alpha value is -3.65. The molecule has 0 radical (unpaired) electrons. The van der Waals surface area contributed by atoms with Crippen LogP contribution in [-0.4, -0.2) is 32.6 Å². The zero-order valence-electron chi connectivity index (χ0n) is 18.9. The standard InChI is InChI=1S/C25H25N3O4S/c1-16-12-20-21(13-17(16)2)27-25(28-22-14-18(31-3)10-11-24(22)32-4)23(26-20)15-33(29,30)19-8-6-5-7-9-19/h5-14H,15H2,1-4H3,(H,27,28). The molecule has 4 aromatic rings. The van der Waals surface area contributed by atoms with Crippen LogP contribution in [-0.2, 0) is 15.6 Å². The largest absolute Gasteiger partial charge is 0.497 e. The molecule has 0 amide bonds. The van der Waals surface area contributed by atoms with Gasteiger partial charge in [0.2, 0.25) is 0 Å². The van der Waals surface area contributed by atoms with Crippen molar-refractivity contribution >= 4 is 32.4 Å². The lowest BCUT2D eigenvalue weighted by Crippen LogP contribution is -2.11. The van der Waals surface area contributed by atoms with E-state index >= 15 is 0 Å². The third kappa shape index (κ3) is 4.75. The van der Waals surface area contributed by atoms with Crippen LogP contribution < -0.4 is 14.8 Å². The minimum Gasteiger partial charge on any atom is -0.497 e. The summed E-state index contributed by atoms with van der Waals surface area (Å²) in [6, 6.07) is 17.5. The van der Waals surface area contributed by atoms with Crippen molar-refractivity contribution < 1.29 is 17.9 Å². The maximum absolute atomic E-state index is 13.1. The summed E-state index contributed by atoms with van der Waals surface area (Å²) < 4.78 is 37.1. The fraction of sp³-hybridized carbons (Fsp3) is 0.200. The molecule has 7 nitrogen and oxygen atoms in total. The number of benzene rings is 3. The van der Waals surface area contributed by atoms with Gasteiger partial charge < -0.3 is 14.8 Å². The normalized spacial score (nSPS) is 11.4. The first-order valence-corrected chi connectivity index (χ1v) is 12.0. The Morgan fingerprint density at radius 1 is 0.848 bits per heavy atom. The molecule has 1 heterocycles. The summed E-state index contributed by atoms with van der Waals surface area (Å²) in [5, 5.41) is 3.22. The number of hydrogen-bond donors (Lipinski definition) is 1. The second-order valence-electron chi connectivity index (χ2n) is 7.71. The molecular formula is C25H25N3O4S. The summed E-state index contributed by atoms with van der Waals surface area (Å²) >= 11 is 0. The van der Waals surface area contributed by atoms with Gasteiger partial charge in [-0.05, 0) is 61.4 Å². The lowest BCUT2D eigenvalue weighted by molar-refractivity contribution is 0.405. The van der Waals surface area contributed by atoms with Crippen LogP contribution in [0.15, 0.2) is 65.6 Å². The Morgan fingerprint density at radius 2 is 1.52 bits per heavy atom. The Kier molecular flexibility index (Phi) is 6.20. The Labute approximate surface area is 193 Å². The molecule has 0 unspecified atom stereocenters. The highest BCUT2D eigenvalue weighted by Gasteiger charge is 2.21. The molecule has 0 bridgehead atoms. The Balaban J connectivity index is 1.86. The summed E-state index contributed by atoms with van der Waals surface area (Å²) in [4.78, 5) is 9.69. The molecule has 8 heteroatoms. The van der Waals surface area contributed by atoms with Gasteiger partial charge in [-0.3, -0.25) is 0 Å². The van der Waals surface area contributed by atoms with Crippen LogP contribution in [0.2, 0.25) is 0 Å². The van der Waals surface area contributed by atoms with E-state index in [1.54, 1.807) is 62.8 Å². The highest BCUT2D eigenvalue weighted by molar-refractivity contribution is 7.90. The van der Waals surface area contributed by atoms with Crippen LogP contribution in [0.4, 0.5) is 11.5 Å². The molecular weight excluding hydrogens is 438 g/mol. The van der Waals surface area contributed by atoms with Gasteiger partial charge in [0.05, 0.1) is 41.5 Å². The van der Waals surface area contributed by atoms with Crippen LogP contribution in [0, 0.1) is 13.8 Å². The average Bonchev–Trinajstić information content (AvgIpc) is 2.81. The minimum atomic E-state index is -3.64. The van der Waals surface area contributed by atoms with E-state index in [1.807, 2.05) is 26.0 Å².